The number of rotatable bonds is 4. The van der Waals surface area contributed by atoms with Crippen molar-refractivity contribution in [2.45, 2.75) is 12.5 Å². The molecule has 3 nitrogen and oxygen atoms in total. The molecule has 2 aromatic carbocycles. The van der Waals surface area contributed by atoms with E-state index in [-0.39, 0.29) is 6.61 Å². The highest BCUT2D eigenvalue weighted by molar-refractivity contribution is 5.83. The molecule has 106 valence electrons. The van der Waals surface area contributed by atoms with Crippen molar-refractivity contribution >= 4 is 10.8 Å². The molecule has 3 rings (SSSR count). The van der Waals surface area contributed by atoms with E-state index in [1.807, 2.05) is 0 Å². The quantitative estimate of drug-likeness (QED) is 0.894. The Morgan fingerprint density at radius 2 is 1.80 bits per heavy atom. The van der Waals surface area contributed by atoms with Gasteiger partial charge in [0.2, 0.25) is 0 Å². The Bertz CT molecular complexity index is 564. The van der Waals surface area contributed by atoms with Crippen LogP contribution >= 0.6 is 0 Å². The first kappa shape index (κ1) is 13.6. The van der Waals surface area contributed by atoms with Crippen LogP contribution in [0.25, 0.3) is 10.8 Å². The van der Waals surface area contributed by atoms with E-state index in [0.717, 1.165) is 32.6 Å². The van der Waals surface area contributed by atoms with Crippen molar-refractivity contribution in [3.05, 3.63) is 48.0 Å². The van der Waals surface area contributed by atoms with Gasteiger partial charge in [-0.05, 0) is 28.8 Å². The fourth-order valence-corrected chi connectivity index (χ4v) is 3.09. The Labute approximate surface area is 120 Å². The van der Waals surface area contributed by atoms with Gasteiger partial charge in [-0.1, -0.05) is 36.4 Å². The molecule has 0 aromatic heterocycles. The summed E-state index contributed by atoms with van der Waals surface area (Å²) in [6, 6.07) is 15.5. The maximum absolute atomic E-state index is 9.40. The molecule has 0 unspecified atom stereocenters. The third kappa shape index (κ3) is 2.85. The van der Waals surface area contributed by atoms with Crippen LogP contribution in [-0.4, -0.2) is 42.8 Å². The molecule has 1 fully saturated rings. The molecule has 0 bridgehead atoms. The lowest BCUT2D eigenvalue weighted by Crippen LogP contribution is -2.45. The van der Waals surface area contributed by atoms with Crippen molar-refractivity contribution in [1.82, 2.24) is 10.2 Å². The third-order valence-corrected chi connectivity index (χ3v) is 4.15. The summed E-state index contributed by atoms with van der Waals surface area (Å²) in [6.45, 7) is 4.42. The molecule has 1 heterocycles. The van der Waals surface area contributed by atoms with E-state index in [4.69, 9.17) is 0 Å². The zero-order valence-electron chi connectivity index (χ0n) is 11.8. The number of hydrogen-bond acceptors (Lipinski definition) is 3. The van der Waals surface area contributed by atoms with Crippen LogP contribution < -0.4 is 5.32 Å². The highest BCUT2D eigenvalue weighted by atomic mass is 16.3. The second kappa shape index (κ2) is 6.35. The normalized spacial score (nSPS) is 18.2. The van der Waals surface area contributed by atoms with Gasteiger partial charge in [0.1, 0.15) is 0 Å². The zero-order valence-corrected chi connectivity index (χ0v) is 11.8. The fraction of sp³-hybridized carbons (Fsp3) is 0.412. The molecule has 1 atom stereocenters. The summed E-state index contributed by atoms with van der Waals surface area (Å²) in [6.07, 6.45) is 0.804. The van der Waals surface area contributed by atoms with E-state index in [0.29, 0.717) is 6.04 Å². The van der Waals surface area contributed by atoms with Crippen LogP contribution in [0.1, 0.15) is 18.0 Å². The van der Waals surface area contributed by atoms with Crippen LogP contribution in [0.2, 0.25) is 0 Å². The van der Waals surface area contributed by atoms with E-state index in [1.165, 1.54) is 16.3 Å². The Morgan fingerprint density at radius 3 is 2.55 bits per heavy atom. The van der Waals surface area contributed by atoms with Gasteiger partial charge < -0.3 is 10.4 Å². The average Bonchev–Trinajstić information content (AvgIpc) is 2.53. The van der Waals surface area contributed by atoms with E-state index < -0.39 is 0 Å². The van der Waals surface area contributed by atoms with E-state index in [9.17, 15) is 5.11 Å². The maximum atomic E-state index is 9.40. The Kier molecular flexibility index (Phi) is 4.31. The summed E-state index contributed by atoms with van der Waals surface area (Å²) in [7, 11) is 0. The van der Waals surface area contributed by atoms with E-state index >= 15 is 0 Å². The molecule has 0 saturated carbocycles. The lowest BCUT2D eigenvalue weighted by Gasteiger charge is -2.35. The predicted octanol–water partition coefficient (Wildman–Crippen LogP) is 2.17. The molecule has 3 heteroatoms. The number of benzene rings is 2. The topological polar surface area (TPSA) is 35.5 Å². The minimum Gasteiger partial charge on any atom is -0.396 e. The summed E-state index contributed by atoms with van der Waals surface area (Å²) in [4.78, 5) is 2.48. The second-order valence-electron chi connectivity index (χ2n) is 5.42. The summed E-state index contributed by atoms with van der Waals surface area (Å²) in [5, 5.41) is 15.3. The summed E-state index contributed by atoms with van der Waals surface area (Å²) in [5.74, 6) is 0. The highest BCUT2D eigenvalue weighted by Crippen LogP contribution is 2.27. The molecular formula is C17H22N2O. The molecule has 1 saturated heterocycles. The summed E-state index contributed by atoms with van der Waals surface area (Å²) in [5.41, 5.74) is 1.32. The molecule has 1 aliphatic rings. The SMILES string of the molecule is OCC[C@@H](c1ccc2ccccc2c1)N1CCNCC1. The van der Waals surface area contributed by atoms with Gasteiger partial charge in [0.15, 0.2) is 0 Å². The highest BCUT2D eigenvalue weighted by Gasteiger charge is 2.21. The molecular weight excluding hydrogens is 248 g/mol. The zero-order chi connectivity index (χ0) is 13.8. The minimum absolute atomic E-state index is 0.238. The van der Waals surface area contributed by atoms with E-state index in [1.54, 1.807) is 0 Å². The Hall–Kier alpha value is -1.42. The molecule has 0 radical (unpaired) electrons. The third-order valence-electron chi connectivity index (χ3n) is 4.15. The number of aliphatic hydroxyl groups is 1. The fourth-order valence-electron chi connectivity index (χ4n) is 3.09. The first-order valence-electron chi connectivity index (χ1n) is 7.43. The van der Waals surface area contributed by atoms with Gasteiger partial charge in [-0.2, -0.15) is 0 Å². The average molecular weight is 270 g/mol. The molecule has 0 spiro atoms. The van der Waals surface area contributed by atoms with Gasteiger partial charge in [0.25, 0.3) is 0 Å². The van der Waals surface area contributed by atoms with Gasteiger partial charge in [0, 0.05) is 38.8 Å². The van der Waals surface area contributed by atoms with Crippen LogP contribution in [-0.2, 0) is 0 Å². The molecule has 2 N–H and O–H groups in total. The van der Waals surface area contributed by atoms with Crippen LogP contribution in [0.15, 0.2) is 42.5 Å². The lowest BCUT2D eigenvalue weighted by atomic mass is 9.98. The number of nitrogens with one attached hydrogen (secondary N) is 1. The summed E-state index contributed by atoms with van der Waals surface area (Å²) >= 11 is 0. The first-order chi connectivity index (χ1) is 9.88. The van der Waals surface area contributed by atoms with Gasteiger partial charge in [0.05, 0.1) is 0 Å². The molecule has 1 aliphatic heterocycles. The number of fused-ring (bicyclic) bond motifs is 1. The number of piperazine rings is 1. The lowest BCUT2D eigenvalue weighted by molar-refractivity contribution is 0.141. The van der Waals surface area contributed by atoms with Crippen molar-refractivity contribution in [3.63, 3.8) is 0 Å². The van der Waals surface area contributed by atoms with Crippen molar-refractivity contribution in [3.8, 4) is 0 Å². The first-order valence-corrected chi connectivity index (χ1v) is 7.43. The van der Waals surface area contributed by atoms with Crippen molar-refractivity contribution in [1.29, 1.82) is 0 Å². The minimum atomic E-state index is 0.238. The van der Waals surface area contributed by atoms with E-state index in [2.05, 4.69) is 52.7 Å². The van der Waals surface area contributed by atoms with Crippen molar-refractivity contribution < 1.29 is 5.11 Å². The smallest absolute Gasteiger partial charge is 0.0449 e. The molecule has 0 aliphatic carbocycles. The maximum Gasteiger partial charge on any atom is 0.0449 e. The number of hydrogen-bond donors (Lipinski definition) is 2. The van der Waals surface area contributed by atoms with Gasteiger partial charge in [-0.25, -0.2) is 0 Å². The predicted molar refractivity (Wildman–Crippen MR) is 82.8 cm³/mol. The van der Waals surface area contributed by atoms with Crippen LogP contribution in [0.4, 0.5) is 0 Å². The second-order valence-corrected chi connectivity index (χ2v) is 5.42. The van der Waals surface area contributed by atoms with Crippen LogP contribution in [0.3, 0.4) is 0 Å². The van der Waals surface area contributed by atoms with Crippen molar-refractivity contribution in [2.75, 3.05) is 32.8 Å². The Balaban J connectivity index is 1.91. The standard InChI is InChI=1S/C17H22N2O/c20-12-7-17(19-10-8-18-9-11-19)16-6-5-14-3-1-2-4-15(14)13-16/h1-6,13,17-18,20H,7-12H2/t17-/m0/s1. The molecule has 20 heavy (non-hydrogen) atoms. The Morgan fingerprint density at radius 1 is 1.05 bits per heavy atom. The number of aliphatic hydroxyl groups excluding tert-OH is 1. The van der Waals surface area contributed by atoms with Crippen LogP contribution in [0, 0.1) is 0 Å². The van der Waals surface area contributed by atoms with Gasteiger partial charge in [-0.15, -0.1) is 0 Å². The number of nitrogens with zero attached hydrogens (tertiary/aromatic N) is 1. The van der Waals surface area contributed by atoms with Crippen molar-refractivity contribution in [2.24, 2.45) is 0 Å². The molecule has 2 aromatic rings. The van der Waals surface area contributed by atoms with Gasteiger partial charge >= 0.3 is 0 Å². The molecule has 0 amide bonds. The monoisotopic (exact) mass is 270 g/mol. The van der Waals surface area contributed by atoms with Crippen LogP contribution in [0.5, 0.6) is 0 Å². The largest absolute Gasteiger partial charge is 0.396 e. The van der Waals surface area contributed by atoms with Gasteiger partial charge in [-0.3, -0.25) is 4.90 Å². The summed E-state index contributed by atoms with van der Waals surface area (Å²) < 4.78 is 0.